The van der Waals surface area contributed by atoms with E-state index in [0.29, 0.717) is 12.3 Å². The SMILES string of the molecule is CC.CC(F)F.COC(=O)C1CC2CCCN(Cc3c1[nH]c1ccccc31)C2.COc1ccc2c(c1)N(C)C(O)C21CCN2CC=CC(C(C)O)C21.NNC=O. The Morgan fingerprint density at radius 1 is 1.14 bits per heavy atom. The average Bonchev–Trinajstić information content (AvgIpc) is 3.84. The third-order valence-electron chi connectivity index (χ3n) is 11.6. The number of benzene rings is 2. The van der Waals surface area contributed by atoms with Gasteiger partial charge in [0.25, 0.3) is 0 Å². The number of hydrazine groups is 1. The molecule has 5 aliphatic rings. The lowest BCUT2D eigenvalue weighted by molar-refractivity contribution is -0.143. The zero-order chi connectivity index (χ0) is 41.2. The van der Waals surface area contributed by atoms with Crippen molar-refractivity contribution in [2.75, 3.05) is 52.3 Å². The van der Waals surface area contributed by atoms with Crippen molar-refractivity contribution in [1.29, 1.82) is 0 Å². The largest absolute Gasteiger partial charge is 0.497 e. The molecule has 0 saturated carbocycles. The number of anilines is 1. The summed E-state index contributed by atoms with van der Waals surface area (Å²) in [5.41, 5.74) is 7.06. The van der Waals surface area contributed by atoms with Gasteiger partial charge in [-0.25, -0.2) is 14.6 Å². The van der Waals surface area contributed by atoms with Gasteiger partial charge in [0.05, 0.1) is 31.7 Å². The van der Waals surface area contributed by atoms with Gasteiger partial charge in [0.2, 0.25) is 12.8 Å². The summed E-state index contributed by atoms with van der Waals surface area (Å²) < 4.78 is 31.1. The first kappa shape index (κ1) is 44.6. The number of hydrogen-bond acceptors (Lipinski definition) is 10. The first-order chi connectivity index (χ1) is 26.9. The van der Waals surface area contributed by atoms with Crippen molar-refractivity contribution in [1.82, 2.24) is 20.2 Å². The minimum atomic E-state index is -2.17. The maximum Gasteiger partial charge on any atom is 0.314 e. The number of aromatic nitrogens is 1. The molecule has 310 valence electrons. The molecule has 8 rings (SSSR count). The number of piperidine rings is 1. The van der Waals surface area contributed by atoms with E-state index in [9.17, 15) is 23.8 Å². The topological polar surface area (TPSA) is 157 Å². The first-order valence-corrected chi connectivity index (χ1v) is 19.7. The Bertz CT molecular complexity index is 1750. The Morgan fingerprint density at radius 3 is 2.48 bits per heavy atom. The van der Waals surface area contributed by atoms with Gasteiger partial charge in [0, 0.05) is 67.0 Å². The van der Waals surface area contributed by atoms with Gasteiger partial charge in [-0.15, -0.1) is 0 Å². The number of rotatable bonds is 4. The Morgan fingerprint density at radius 2 is 1.84 bits per heavy atom. The van der Waals surface area contributed by atoms with Gasteiger partial charge >= 0.3 is 5.97 Å². The molecule has 1 amide bonds. The van der Waals surface area contributed by atoms with Crippen molar-refractivity contribution in [3.05, 3.63) is 71.4 Å². The zero-order valence-electron chi connectivity index (χ0n) is 33.9. The normalized spacial score (nSPS) is 27.5. The lowest BCUT2D eigenvalue weighted by atomic mass is 9.68. The number of ether oxygens (including phenoxy) is 2. The molecule has 0 aliphatic carbocycles. The van der Waals surface area contributed by atoms with Gasteiger partial charge in [-0.05, 0) is 81.8 Å². The van der Waals surface area contributed by atoms with Crippen LogP contribution >= 0.6 is 0 Å². The molecule has 14 heteroatoms. The highest BCUT2D eigenvalue weighted by atomic mass is 19.3. The third kappa shape index (κ3) is 9.37. The van der Waals surface area contributed by atoms with Crippen LogP contribution in [0.5, 0.6) is 5.75 Å². The molecule has 1 aromatic heterocycles. The zero-order valence-corrected chi connectivity index (χ0v) is 33.9. The number of methoxy groups -OCH3 is 2. The van der Waals surface area contributed by atoms with Crippen LogP contribution in [-0.2, 0) is 26.3 Å². The van der Waals surface area contributed by atoms with Crippen LogP contribution in [0.4, 0.5) is 14.5 Å². The number of aromatic amines is 1. The van der Waals surface area contributed by atoms with E-state index in [1.165, 1.54) is 43.0 Å². The standard InChI is InChI=1S/C19H26N2O3.C18H22N2O2.C2H4F2.C2H6.CH4N2O/c1-12(22)14-5-4-9-21-10-8-19(17(14)21)15-7-6-13(24-3)11-16(15)20(2)18(19)23;1-22-18(21)14-9-12-5-4-8-20(10-12)11-15-13-6-2-3-7-16(13)19-17(14)15;1-2(3)4;1-2;2-3-1-4/h4-7,11-12,14,17-18,22-23H,8-10H2,1-3H3;2-3,6-7,12,14,19H,4-5,8-11H2,1H3;2H,1H3;1-2H3;1H,2H2,(H,3,4). The van der Waals surface area contributed by atoms with Crippen LogP contribution in [0.2, 0.25) is 0 Å². The number of carbonyl (C=O) groups is 2. The van der Waals surface area contributed by atoms with Gasteiger partial charge in [-0.1, -0.05) is 50.3 Å². The quantitative estimate of drug-likeness (QED) is 0.0589. The number of amides is 1. The van der Waals surface area contributed by atoms with Crippen molar-refractivity contribution >= 4 is 29.0 Å². The number of hydrogen-bond donors (Lipinski definition) is 5. The molecular formula is C42H62F2N6O6. The summed E-state index contributed by atoms with van der Waals surface area (Å²) >= 11 is 0. The van der Waals surface area contributed by atoms with Gasteiger partial charge in [0.15, 0.2) is 0 Å². The second-order valence-electron chi connectivity index (χ2n) is 14.8. The van der Waals surface area contributed by atoms with Crippen molar-refractivity contribution in [3.8, 4) is 5.75 Å². The third-order valence-corrected chi connectivity index (χ3v) is 11.6. The Labute approximate surface area is 330 Å². The average molecular weight is 785 g/mol. The molecule has 1 spiro atoms. The van der Waals surface area contributed by atoms with Gasteiger partial charge in [-0.2, -0.15) is 0 Å². The number of aliphatic hydroxyl groups excluding tert-OH is 2. The van der Waals surface area contributed by atoms with Crippen LogP contribution in [-0.4, -0.2) is 110 Å². The highest BCUT2D eigenvalue weighted by Crippen LogP contribution is 2.56. The van der Waals surface area contributed by atoms with Gasteiger partial charge in [0.1, 0.15) is 12.0 Å². The van der Waals surface area contributed by atoms with Crippen molar-refractivity contribution in [2.45, 2.75) is 96.1 Å². The maximum atomic E-state index is 12.4. The number of esters is 1. The summed E-state index contributed by atoms with van der Waals surface area (Å²) in [7, 11) is 5.10. The second-order valence-corrected chi connectivity index (χ2v) is 14.8. The van der Waals surface area contributed by atoms with Crippen molar-refractivity contribution < 1.29 is 38.1 Å². The molecule has 3 aromatic rings. The number of H-pyrrole nitrogens is 1. The molecule has 8 atom stereocenters. The van der Waals surface area contributed by atoms with E-state index in [1.807, 2.05) is 50.9 Å². The lowest BCUT2D eigenvalue weighted by Crippen LogP contribution is -2.57. The number of nitrogens with two attached hydrogens (primary N) is 1. The number of halogens is 2. The van der Waals surface area contributed by atoms with Crippen LogP contribution in [0.3, 0.4) is 0 Å². The molecule has 2 fully saturated rings. The smallest absolute Gasteiger partial charge is 0.314 e. The minimum absolute atomic E-state index is 0.0253. The number of nitrogens with one attached hydrogen (secondary N) is 2. The number of nitrogens with zero attached hydrogens (tertiary/aromatic N) is 3. The molecule has 2 bridgehead atoms. The summed E-state index contributed by atoms with van der Waals surface area (Å²) in [6, 6.07) is 14.5. The molecule has 5 aliphatic heterocycles. The van der Waals surface area contributed by atoms with E-state index in [4.69, 9.17) is 14.3 Å². The molecule has 56 heavy (non-hydrogen) atoms. The van der Waals surface area contributed by atoms with Crippen molar-refractivity contribution in [3.63, 3.8) is 0 Å². The maximum absolute atomic E-state index is 12.4. The van der Waals surface area contributed by atoms with Crippen LogP contribution in [0.15, 0.2) is 54.6 Å². The lowest BCUT2D eigenvalue weighted by Gasteiger charge is -2.44. The number of fused-ring (bicyclic) bond motifs is 9. The summed E-state index contributed by atoms with van der Waals surface area (Å²) in [5, 5.41) is 22.8. The van der Waals surface area contributed by atoms with Crippen LogP contribution < -0.4 is 20.9 Å². The van der Waals surface area contributed by atoms with E-state index in [0.717, 1.165) is 68.6 Å². The van der Waals surface area contributed by atoms with Crippen LogP contribution in [0, 0.1) is 11.8 Å². The molecule has 12 nitrogen and oxygen atoms in total. The number of likely N-dealkylation sites (N-methyl/N-ethyl adjacent to an activating group) is 1. The fourth-order valence-electron chi connectivity index (χ4n) is 9.34. The fourth-order valence-corrected chi connectivity index (χ4v) is 9.34. The Kier molecular flexibility index (Phi) is 16.2. The molecule has 2 saturated heterocycles. The molecular weight excluding hydrogens is 722 g/mol. The predicted octanol–water partition coefficient (Wildman–Crippen LogP) is 5.29. The van der Waals surface area contributed by atoms with E-state index >= 15 is 0 Å². The summed E-state index contributed by atoms with van der Waals surface area (Å²) in [6.45, 7) is 11.7. The number of carbonyl (C=O) groups excluding carboxylic acids is 2. The number of para-hydroxylation sites is 1. The number of alkyl halides is 2. The summed E-state index contributed by atoms with van der Waals surface area (Å²) in [6.07, 6.45) is 5.72. The van der Waals surface area contributed by atoms with E-state index in [1.54, 1.807) is 12.5 Å². The Hall–Kier alpha value is -4.08. The minimum Gasteiger partial charge on any atom is -0.497 e. The highest BCUT2D eigenvalue weighted by molar-refractivity contribution is 5.88. The summed E-state index contributed by atoms with van der Waals surface area (Å²) in [5.74, 6) is 5.57. The monoisotopic (exact) mass is 784 g/mol. The molecule has 0 radical (unpaired) electrons. The van der Waals surface area contributed by atoms with Crippen LogP contribution in [0.1, 0.15) is 76.1 Å². The second kappa shape index (κ2) is 20.4. The first-order valence-electron chi connectivity index (χ1n) is 19.7. The molecule has 6 N–H and O–H groups in total. The van der Waals surface area contributed by atoms with Gasteiger partial charge in [-0.3, -0.25) is 24.8 Å². The number of aliphatic hydroxyl groups is 2. The Balaban J connectivity index is 0.000000202. The van der Waals surface area contributed by atoms with Crippen molar-refractivity contribution in [2.24, 2.45) is 17.7 Å². The summed E-state index contributed by atoms with van der Waals surface area (Å²) in [4.78, 5) is 31.7. The molecule has 8 unspecified atom stereocenters. The highest BCUT2D eigenvalue weighted by Gasteiger charge is 2.61. The van der Waals surface area contributed by atoms with E-state index < -0.39 is 18.8 Å². The van der Waals surface area contributed by atoms with E-state index in [-0.39, 0.29) is 29.3 Å². The van der Waals surface area contributed by atoms with Gasteiger partial charge < -0.3 is 29.6 Å². The van der Waals surface area contributed by atoms with Crippen LogP contribution in [0.25, 0.3) is 10.9 Å². The molecule has 2 aromatic carbocycles. The molecule has 6 heterocycles. The van der Waals surface area contributed by atoms with E-state index in [2.05, 4.69) is 57.0 Å². The predicted molar refractivity (Wildman–Crippen MR) is 215 cm³/mol. The fraction of sp³-hybridized carbons (Fsp3) is 0.571.